The molecule has 0 radical (unpaired) electrons. The number of ether oxygens (including phenoxy) is 1. The van der Waals surface area contributed by atoms with E-state index in [1.54, 1.807) is 20.8 Å². The molecule has 50 heavy (non-hydrogen) atoms. The van der Waals surface area contributed by atoms with E-state index in [-0.39, 0.29) is 21.0 Å². The third-order valence-corrected chi connectivity index (χ3v) is 10.3. The van der Waals surface area contributed by atoms with E-state index in [0.29, 0.717) is 12.6 Å². The molecule has 276 valence electrons. The Kier molecular flexibility index (Phi) is 12.4. The van der Waals surface area contributed by atoms with Crippen molar-refractivity contribution in [2.75, 3.05) is 20.2 Å². The fourth-order valence-corrected chi connectivity index (χ4v) is 8.04. The number of carbonyl (C=O) groups excluding carboxylic acids is 1. The molecule has 2 aliphatic heterocycles. The number of H-pyrrole nitrogens is 2. The Morgan fingerprint density at radius 1 is 0.980 bits per heavy atom. The van der Waals surface area contributed by atoms with Crippen LogP contribution < -0.4 is 5.32 Å². The fraction of sp³-hybridized carbons (Fsp3) is 0.564. The summed E-state index contributed by atoms with van der Waals surface area (Å²) in [6.45, 7) is 17.2. The lowest BCUT2D eigenvalue weighted by molar-refractivity contribution is 0.0218. The minimum absolute atomic E-state index is 0. The van der Waals surface area contributed by atoms with Crippen LogP contribution in [0.3, 0.4) is 0 Å². The highest BCUT2D eigenvalue weighted by molar-refractivity contribution is 7.22. The van der Waals surface area contributed by atoms with Gasteiger partial charge >= 0.3 is 6.09 Å². The van der Waals surface area contributed by atoms with Crippen molar-refractivity contribution in [3.05, 3.63) is 58.1 Å². The normalized spacial score (nSPS) is 18.8. The molecule has 1 amide bonds. The number of thiophene rings is 1. The van der Waals surface area contributed by atoms with Crippen LogP contribution in [0.25, 0.3) is 32.3 Å². The first kappa shape index (κ1) is 39.3. The molecule has 4 aromatic rings. The molecule has 11 heteroatoms. The summed E-state index contributed by atoms with van der Waals surface area (Å²) in [5, 5.41) is 20.4. The molecule has 2 saturated heterocycles. The van der Waals surface area contributed by atoms with Gasteiger partial charge in [0, 0.05) is 19.8 Å². The van der Waals surface area contributed by atoms with Crippen LogP contribution in [0, 0.1) is 13.8 Å². The number of hydrogen-bond donors (Lipinski definition) is 5. The second kappa shape index (κ2) is 15.8. The van der Waals surface area contributed by atoms with E-state index in [2.05, 4.69) is 41.3 Å². The highest BCUT2D eigenvalue weighted by atomic mass is 32.1. The summed E-state index contributed by atoms with van der Waals surface area (Å²) < 4.78 is 7.00. The van der Waals surface area contributed by atoms with Crippen LogP contribution in [-0.4, -0.2) is 72.5 Å². The van der Waals surface area contributed by atoms with E-state index in [0.717, 1.165) is 68.8 Å². The number of aryl methyl sites for hydroxylation is 2. The number of nitrogens with zero attached hydrogens (tertiary/aromatic N) is 3. The molecule has 5 heterocycles. The van der Waals surface area contributed by atoms with Gasteiger partial charge in [0.25, 0.3) is 0 Å². The zero-order valence-electron chi connectivity index (χ0n) is 30.6. The maximum Gasteiger partial charge on any atom is 0.410 e. The number of hydrogen-bond acceptors (Lipinski definition) is 8. The number of imidazole rings is 2. The van der Waals surface area contributed by atoms with Crippen LogP contribution in [0.5, 0.6) is 0 Å². The zero-order chi connectivity index (χ0) is 35.7. The molecule has 0 saturated carbocycles. The van der Waals surface area contributed by atoms with E-state index in [1.165, 1.54) is 49.2 Å². The molecule has 0 spiro atoms. The first-order valence-electron chi connectivity index (χ1n) is 17.4. The number of aromatic amines is 2. The second-order valence-corrected chi connectivity index (χ2v) is 16.2. The van der Waals surface area contributed by atoms with Gasteiger partial charge in [-0.3, -0.25) is 4.90 Å². The number of benzene rings is 1. The molecule has 1 aromatic carbocycles. The predicted octanol–water partition coefficient (Wildman–Crippen LogP) is 8.88. The molecule has 0 bridgehead atoms. The van der Waals surface area contributed by atoms with E-state index in [4.69, 9.17) is 24.9 Å². The number of carbonyl (C=O) groups is 1. The second-order valence-electron chi connectivity index (χ2n) is 15.2. The molecular weight excluding hydrogens is 649 g/mol. The summed E-state index contributed by atoms with van der Waals surface area (Å²) >= 11 is 1.82. The maximum atomic E-state index is 12.9. The van der Waals surface area contributed by atoms with Crippen LogP contribution >= 0.6 is 11.3 Å². The Labute approximate surface area is 303 Å². The van der Waals surface area contributed by atoms with Gasteiger partial charge in [-0.25, -0.2) is 14.8 Å². The van der Waals surface area contributed by atoms with Gasteiger partial charge in [-0.2, -0.15) is 0 Å². The van der Waals surface area contributed by atoms with Gasteiger partial charge in [-0.05, 0) is 146 Å². The average molecular weight is 709 g/mol. The van der Waals surface area contributed by atoms with Crippen molar-refractivity contribution in [3.63, 3.8) is 0 Å². The highest BCUT2D eigenvalue weighted by Crippen LogP contribution is 2.44. The van der Waals surface area contributed by atoms with E-state index in [1.807, 2.05) is 49.4 Å². The molecule has 10 nitrogen and oxygen atoms in total. The van der Waals surface area contributed by atoms with Gasteiger partial charge in [0.15, 0.2) is 0 Å². The number of aliphatic hydroxyl groups excluding tert-OH is 1. The largest absolute Gasteiger partial charge is 0.444 e. The lowest BCUT2D eigenvalue weighted by atomic mass is 9.84. The zero-order valence-corrected chi connectivity index (χ0v) is 31.4. The Hall–Kier alpha value is -3.51. The summed E-state index contributed by atoms with van der Waals surface area (Å²) in [4.78, 5) is 32.5. The number of aromatic nitrogens is 4. The Morgan fingerprint density at radius 3 is 2.30 bits per heavy atom. The lowest BCUT2D eigenvalue weighted by Gasteiger charge is -2.27. The molecule has 3 aliphatic rings. The Morgan fingerprint density at radius 2 is 1.64 bits per heavy atom. The Balaban J connectivity index is 0.000000721. The third-order valence-electron chi connectivity index (χ3n) is 9.01. The number of fused-ring (bicyclic) bond motifs is 2. The average Bonchev–Trinajstić information content (AvgIpc) is 3.88. The van der Waals surface area contributed by atoms with Gasteiger partial charge < -0.3 is 30.2 Å². The van der Waals surface area contributed by atoms with Crippen molar-refractivity contribution in [2.45, 2.75) is 125 Å². The van der Waals surface area contributed by atoms with Gasteiger partial charge in [-0.1, -0.05) is 7.43 Å². The number of allylic oxidation sites excluding steroid dienone is 1. The number of nitrogens with one attached hydrogen (secondary N) is 3. The standard InChI is InChI=1S/C33H40N6O2S.C4H10O.CH4O.CH4.H2/c1-18-21-11-10-20(25-16-35-30(37-25)24-8-6-12-34-24)14-22(21)19(2)29-23(18)15-28(42-29)26-17-36-31(38-26)27-9-7-13-39(27)32(40)41-33(3,4)5;1-4(2,3)5;1-2;;/h14-17,24,27,34H,6-13H2,1-5H3,(H,35,37)(H,36,38);5H,1-3H3;2H,1H3;1H4;1H/t24-,27-;;;;/m0..../s1. The molecule has 5 N–H and O–H groups in total. The van der Waals surface area contributed by atoms with Gasteiger partial charge in [-0.15, -0.1) is 11.3 Å². The molecule has 2 atom stereocenters. The first-order valence-corrected chi connectivity index (χ1v) is 18.2. The molecule has 1 aliphatic carbocycles. The maximum absolute atomic E-state index is 12.9. The Bertz CT molecular complexity index is 1800. The van der Waals surface area contributed by atoms with Crippen LogP contribution in [0.1, 0.15) is 134 Å². The van der Waals surface area contributed by atoms with Crippen LogP contribution in [-0.2, 0) is 11.2 Å². The molecule has 2 fully saturated rings. The van der Waals surface area contributed by atoms with Crippen LogP contribution in [0.2, 0.25) is 0 Å². The van der Waals surface area contributed by atoms with Crippen molar-refractivity contribution >= 4 is 39.2 Å². The van der Waals surface area contributed by atoms with Crippen molar-refractivity contribution in [1.82, 2.24) is 30.2 Å². The van der Waals surface area contributed by atoms with E-state index in [9.17, 15) is 4.79 Å². The first-order chi connectivity index (χ1) is 23.2. The molecule has 0 unspecified atom stereocenters. The van der Waals surface area contributed by atoms with Gasteiger partial charge in [0.05, 0.1) is 46.3 Å². The van der Waals surface area contributed by atoms with Crippen molar-refractivity contribution in [1.29, 1.82) is 0 Å². The van der Waals surface area contributed by atoms with E-state index < -0.39 is 11.2 Å². The molecular formula is C39H60N6O4S. The van der Waals surface area contributed by atoms with Crippen LogP contribution in [0.15, 0.2) is 18.5 Å². The van der Waals surface area contributed by atoms with Gasteiger partial charge in [0.1, 0.15) is 17.2 Å². The van der Waals surface area contributed by atoms with Crippen LogP contribution in [0.4, 0.5) is 4.79 Å². The number of rotatable bonds is 4. The summed E-state index contributed by atoms with van der Waals surface area (Å²) in [6, 6.07) is 2.57. The minimum atomic E-state index is -0.519. The summed E-state index contributed by atoms with van der Waals surface area (Å²) in [6.07, 6.45) is 12.3. The number of amides is 1. The molecule has 3 aromatic heterocycles. The predicted molar refractivity (Wildman–Crippen MR) is 208 cm³/mol. The monoisotopic (exact) mass is 708 g/mol. The van der Waals surface area contributed by atoms with Gasteiger partial charge in [0.2, 0.25) is 0 Å². The summed E-state index contributed by atoms with van der Waals surface area (Å²) in [5.41, 5.74) is 7.98. The highest BCUT2D eigenvalue weighted by Gasteiger charge is 2.35. The van der Waals surface area contributed by atoms with Crippen molar-refractivity contribution in [3.8, 4) is 10.6 Å². The number of aliphatic hydroxyl groups is 2. The third kappa shape index (κ3) is 8.85. The number of likely N-dealkylation sites (tertiary alicyclic amines) is 1. The molecule has 7 rings (SSSR count). The lowest BCUT2D eigenvalue weighted by Crippen LogP contribution is -2.36. The smallest absolute Gasteiger partial charge is 0.410 e. The SMILES string of the molecule is C.CC(C)(C)O.CO.Cc1c2c(c(C)c3sc(-c4cnc([C@@H]5CCCN5C(=O)OC(C)(C)C)[nH]4)cc13)C=C(c1cnc([C@@H]3CCCN3)[nH]1)CC2.[HH]. The quantitative estimate of drug-likeness (QED) is 0.143. The van der Waals surface area contributed by atoms with Crippen molar-refractivity contribution in [2.24, 2.45) is 0 Å². The van der Waals surface area contributed by atoms with Crippen molar-refractivity contribution < 1.29 is 21.2 Å². The summed E-state index contributed by atoms with van der Waals surface area (Å²) in [5.74, 6) is 1.89. The minimum Gasteiger partial charge on any atom is -0.444 e. The topological polar surface area (TPSA) is 139 Å². The van der Waals surface area contributed by atoms with E-state index >= 15 is 0 Å². The fourth-order valence-electron chi connectivity index (χ4n) is 6.85. The summed E-state index contributed by atoms with van der Waals surface area (Å²) in [7, 11) is 1.00.